The van der Waals surface area contributed by atoms with Crippen LogP contribution in [0.1, 0.15) is 26.6 Å². The van der Waals surface area contributed by atoms with Crippen LogP contribution in [0.15, 0.2) is 24.3 Å². The molecule has 0 aliphatic rings. The zero-order chi connectivity index (χ0) is 17.3. The Kier molecular flexibility index (Phi) is 4.35. The van der Waals surface area contributed by atoms with Gasteiger partial charge in [-0.2, -0.15) is 0 Å². The van der Waals surface area contributed by atoms with Gasteiger partial charge in [0.05, 0.1) is 16.8 Å². The van der Waals surface area contributed by atoms with Crippen molar-refractivity contribution in [2.75, 3.05) is 7.11 Å². The number of benzene rings is 1. The average Bonchev–Trinajstić information content (AvgIpc) is 3.09. The minimum atomic E-state index is -0.221. The summed E-state index contributed by atoms with van der Waals surface area (Å²) >= 11 is 1.50. The number of carbonyl (C=O) groups excluding carboxylic acids is 1. The lowest BCUT2D eigenvalue weighted by molar-refractivity contribution is 0.0943. The van der Waals surface area contributed by atoms with Crippen LogP contribution in [-0.4, -0.2) is 28.8 Å². The van der Waals surface area contributed by atoms with Crippen LogP contribution in [-0.2, 0) is 13.6 Å². The number of aromatic nitrogens is 2. The fourth-order valence-corrected chi connectivity index (χ4v) is 3.64. The van der Waals surface area contributed by atoms with Crippen molar-refractivity contribution < 1.29 is 9.53 Å². The molecule has 1 aromatic carbocycles. The van der Waals surface area contributed by atoms with Crippen molar-refractivity contribution in [2.45, 2.75) is 13.5 Å². The second kappa shape index (κ2) is 6.45. The van der Waals surface area contributed by atoms with Crippen LogP contribution < -0.4 is 10.1 Å². The molecule has 6 nitrogen and oxygen atoms in total. The number of thiazole rings is 1. The van der Waals surface area contributed by atoms with Gasteiger partial charge in [-0.25, -0.2) is 4.98 Å². The van der Waals surface area contributed by atoms with Crippen molar-refractivity contribution in [3.05, 3.63) is 46.1 Å². The van der Waals surface area contributed by atoms with E-state index in [2.05, 4.69) is 10.3 Å². The van der Waals surface area contributed by atoms with E-state index in [1.165, 1.54) is 17.6 Å². The van der Waals surface area contributed by atoms with Gasteiger partial charge in [0.25, 0.3) is 5.91 Å². The number of nitrogens with zero attached hydrogens (tertiary/aromatic N) is 2. The van der Waals surface area contributed by atoms with Crippen molar-refractivity contribution >= 4 is 33.8 Å². The normalized spacial score (nSPS) is 10.8. The zero-order valence-electron chi connectivity index (χ0n) is 13.7. The Labute approximate surface area is 143 Å². The molecule has 3 aromatic rings. The maximum atomic E-state index is 12.6. The van der Waals surface area contributed by atoms with Crippen LogP contribution in [0.5, 0.6) is 5.75 Å². The van der Waals surface area contributed by atoms with E-state index in [0.717, 1.165) is 26.7 Å². The van der Waals surface area contributed by atoms with Crippen LogP contribution >= 0.6 is 11.3 Å². The molecular weight excluding hydrogens is 324 g/mol. The monoisotopic (exact) mass is 342 g/mol. The number of nitrogens with one attached hydrogen (secondary N) is 2. The Balaban J connectivity index is 1.87. The topological polar surface area (TPSA) is 80.0 Å². The summed E-state index contributed by atoms with van der Waals surface area (Å²) in [5.74, 6) is 0.530. The molecular formula is C17H18N4O2S. The Morgan fingerprint density at radius 1 is 1.50 bits per heavy atom. The third kappa shape index (κ3) is 2.78. The summed E-state index contributed by atoms with van der Waals surface area (Å²) in [6, 6.07) is 7.55. The summed E-state index contributed by atoms with van der Waals surface area (Å²) < 4.78 is 7.81. The second-order valence-corrected chi connectivity index (χ2v) is 6.59. The number of methoxy groups -OCH3 is 1. The molecule has 0 bridgehead atoms. The summed E-state index contributed by atoms with van der Waals surface area (Å²) in [6.07, 6.45) is 1.22. The zero-order valence-corrected chi connectivity index (χ0v) is 14.5. The molecule has 2 N–H and O–H groups in total. The van der Waals surface area contributed by atoms with Gasteiger partial charge in [0.15, 0.2) is 5.65 Å². The quantitative estimate of drug-likeness (QED) is 0.700. The van der Waals surface area contributed by atoms with Crippen molar-refractivity contribution in [1.82, 2.24) is 14.9 Å². The molecule has 0 aliphatic heterocycles. The highest BCUT2D eigenvalue weighted by Crippen LogP contribution is 2.29. The van der Waals surface area contributed by atoms with E-state index in [9.17, 15) is 4.79 Å². The molecule has 0 saturated heterocycles. The number of hydrogen-bond acceptors (Lipinski definition) is 5. The maximum Gasteiger partial charge on any atom is 0.268 e. The summed E-state index contributed by atoms with van der Waals surface area (Å²) in [4.78, 5) is 17.1. The lowest BCUT2D eigenvalue weighted by Gasteiger charge is -2.09. The smallest absolute Gasteiger partial charge is 0.268 e. The minimum Gasteiger partial charge on any atom is -0.497 e. The maximum absolute atomic E-state index is 12.6. The van der Waals surface area contributed by atoms with Gasteiger partial charge in [-0.15, -0.1) is 11.3 Å². The molecule has 0 radical (unpaired) electrons. The molecule has 0 unspecified atom stereocenters. The second-order valence-electron chi connectivity index (χ2n) is 5.39. The fraction of sp³-hybridized carbons (Fsp3) is 0.235. The van der Waals surface area contributed by atoms with E-state index in [1.807, 2.05) is 31.2 Å². The standard InChI is InChI=1S/C17H18N4O2S/c1-10-20-16-15(24-10)13(8-18)14(21(16)2)17(22)19-9-11-5-4-6-12(7-11)23-3/h4-8,18H,9H2,1-3H3,(H,19,22). The van der Waals surface area contributed by atoms with E-state index in [1.54, 1.807) is 18.7 Å². The van der Waals surface area contributed by atoms with Crippen LogP contribution in [0.25, 0.3) is 10.3 Å². The van der Waals surface area contributed by atoms with Gasteiger partial charge >= 0.3 is 0 Å². The van der Waals surface area contributed by atoms with Gasteiger partial charge < -0.3 is 20.0 Å². The number of hydrogen-bond donors (Lipinski definition) is 2. The molecule has 24 heavy (non-hydrogen) atoms. The molecule has 3 rings (SSSR count). The van der Waals surface area contributed by atoms with Crippen LogP contribution in [0.2, 0.25) is 0 Å². The van der Waals surface area contributed by atoms with Crippen molar-refractivity contribution in [3.8, 4) is 5.75 Å². The third-order valence-corrected chi connectivity index (χ3v) is 4.81. The summed E-state index contributed by atoms with van der Waals surface area (Å²) in [5.41, 5.74) is 2.76. The number of carbonyl (C=O) groups is 1. The Hall–Kier alpha value is -2.67. The highest BCUT2D eigenvalue weighted by atomic mass is 32.1. The largest absolute Gasteiger partial charge is 0.497 e. The Bertz CT molecular complexity index is 926. The molecule has 7 heteroatoms. The molecule has 0 saturated carbocycles. The van der Waals surface area contributed by atoms with Crippen LogP contribution in [0, 0.1) is 12.3 Å². The molecule has 2 heterocycles. The predicted molar refractivity (Wildman–Crippen MR) is 95.4 cm³/mol. The first-order valence-corrected chi connectivity index (χ1v) is 8.24. The molecule has 0 spiro atoms. The first-order valence-electron chi connectivity index (χ1n) is 7.42. The van der Waals surface area contributed by atoms with Gasteiger partial charge in [0, 0.05) is 25.4 Å². The number of amides is 1. The first kappa shape index (κ1) is 16.2. The predicted octanol–water partition coefficient (Wildman–Crippen LogP) is 2.88. The Morgan fingerprint density at radius 2 is 2.29 bits per heavy atom. The van der Waals surface area contributed by atoms with E-state index in [-0.39, 0.29) is 5.91 Å². The molecule has 0 atom stereocenters. The van der Waals surface area contributed by atoms with E-state index >= 15 is 0 Å². The number of aryl methyl sites for hydroxylation is 2. The minimum absolute atomic E-state index is 0.221. The SMILES string of the molecule is COc1cccc(CNC(=O)c2c(C=N)c3sc(C)nc3n2C)c1. The van der Waals surface area contributed by atoms with Crippen LogP contribution in [0.4, 0.5) is 0 Å². The molecule has 0 aliphatic carbocycles. The molecule has 0 fully saturated rings. The van der Waals surface area contributed by atoms with Crippen molar-refractivity contribution in [1.29, 1.82) is 5.41 Å². The van der Waals surface area contributed by atoms with Gasteiger partial charge in [-0.1, -0.05) is 12.1 Å². The molecule has 2 aromatic heterocycles. The Morgan fingerprint density at radius 3 is 3.00 bits per heavy atom. The van der Waals surface area contributed by atoms with E-state index in [4.69, 9.17) is 10.1 Å². The highest BCUT2D eigenvalue weighted by Gasteiger charge is 2.22. The van der Waals surface area contributed by atoms with Gasteiger partial charge in [-0.05, 0) is 24.6 Å². The summed E-state index contributed by atoms with van der Waals surface area (Å²) in [7, 11) is 3.41. The fourth-order valence-electron chi connectivity index (χ4n) is 2.67. The van der Waals surface area contributed by atoms with E-state index < -0.39 is 0 Å². The lowest BCUT2D eigenvalue weighted by Crippen LogP contribution is -2.26. The summed E-state index contributed by atoms with van der Waals surface area (Å²) in [6.45, 7) is 2.31. The highest BCUT2D eigenvalue weighted by molar-refractivity contribution is 7.18. The first-order chi connectivity index (χ1) is 11.5. The van der Waals surface area contributed by atoms with Gasteiger partial charge in [0.1, 0.15) is 11.4 Å². The van der Waals surface area contributed by atoms with Gasteiger partial charge in [-0.3, -0.25) is 4.79 Å². The van der Waals surface area contributed by atoms with E-state index in [0.29, 0.717) is 17.8 Å². The molecule has 1 amide bonds. The van der Waals surface area contributed by atoms with Crippen LogP contribution in [0.3, 0.4) is 0 Å². The average molecular weight is 342 g/mol. The number of fused-ring (bicyclic) bond motifs is 1. The lowest BCUT2D eigenvalue weighted by atomic mass is 10.2. The van der Waals surface area contributed by atoms with Crippen molar-refractivity contribution in [2.24, 2.45) is 7.05 Å². The summed E-state index contributed by atoms with van der Waals surface area (Å²) in [5, 5.41) is 11.5. The number of rotatable bonds is 5. The third-order valence-electron chi connectivity index (χ3n) is 3.82. The molecule has 124 valence electrons. The number of ether oxygens (including phenoxy) is 1. The van der Waals surface area contributed by atoms with Crippen molar-refractivity contribution in [3.63, 3.8) is 0 Å². The van der Waals surface area contributed by atoms with Gasteiger partial charge in [0.2, 0.25) is 0 Å².